The quantitative estimate of drug-likeness (QED) is 0.881. The Morgan fingerprint density at radius 2 is 2.04 bits per heavy atom. The lowest BCUT2D eigenvalue weighted by atomic mass is 10.2. The summed E-state index contributed by atoms with van der Waals surface area (Å²) in [5, 5.41) is 4.71. The number of carbonyl (C=O) groups is 1. The van der Waals surface area contributed by atoms with Crippen molar-refractivity contribution in [3.05, 3.63) is 52.5 Å². The second-order valence-corrected chi connectivity index (χ2v) is 8.45. The molecule has 0 saturated carbocycles. The SMILES string of the molecule is O=C(NCc1cccs1)[C@H]1CCCN1S(=O)(=O)c1ccc(F)cc1. The number of nitrogens with zero attached hydrogens (tertiary/aromatic N) is 1. The fourth-order valence-corrected chi connectivity index (χ4v) is 5.04. The van der Waals surface area contributed by atoms with E-state index in [1.165, 1.54) is 27.8 Å². The molecule has 1 aromatic heterocycles. The molecule has 128 valence electrons. The molecule has 1 aliphatic rings. The van der Waals surface area contributed by atoms with Crippen molar-refractivity contribution in [2.45, 2.75) is 30.3 Å². The number of amides is 1. The molecule has 3 rings (SSSR count). The molecule has 0 unspecified atom stereocenters. The molecule has 1 atom stereocenters. The van der Waals surface area contributed by atoms with E-state index in [0.717, 1.165) is 17.0 Å². The van der Waals surface area contributed by atoms with E-state index < -0.39 is 21.9 Å². The molecule has 2 heterocycles. The lowest BCUT2D eigenvalue weighted by Gasteiger charge is -2.23. The Kier molecular flexibility index (Phi) is 4.98. The van der Waals surface area contributed by atoms with Gasteiger partial charge >= 0.3 is 0 Å². The number of thiophene rings is 1. The van der Waals surface area contributed by atoms with Crippen molar-refractivity contribution >= 4 is 27.3 Å². The Morgan fingerprint density at radius 1 is 1.29 bits per heavy atom. The topological polar surface area (TPSA) is 66.5 Å². The predicted octanol–water partition coefficient (Wildman–Crippen LogP) is 2.36. The highest BCUT2D eigenvalue weighted by Gasteiger charge is 2.39. The zero-order valence-electron chi connectivity index (χ0n) is 12.8. The third-order valence-electron chi connectivity index (χ3n) is 3.94. The third-order valence-corrected chi connectivity index (χ3v) is 6.74. The van der Waals surface area contributed by atoms with E-state index in [1.807, 2.05) is 17.5 Å². The zero-order valence-corrected chi connectivity index (χ0v) is 14.4. The van der Waals surface area contributed by atoms with E-state index in [1.54, 1.807) is 0 Å². The average Bonchev–Trinajstić information content (AvgIpc) is 3.24. The van der Waals surface area contributed by atoms with Gasteiger partial charge in [-0.3, -0.25) is 4.79 Å². The van der Waals surface area contributed by atoms with Gasteiger partial charge in [-0.1, -0.05) is 6.07 Å². The maximum absolute atomic E-state index is 13.0. The van der Waals surface area contributed by atoms with E-state index in [0.29, 0.717) is 19.4 Å². The summed E-state index contributed by atoms with van der Waals surface area (Å²) in [5.74, 6) is -0.799. The number of hydrogen-bond donors (Lipinski definition) is 1. The highest BCUT2D eigenvalue weighted by Crippen LogP contribution is 2.26. The second kappa shape index (κ2) is 7.00. The molecule has 1 aliphatic heterocycles. The minimum atomic E-state index is -3.81. The Labute approximate surface area is 144 Å². The molecular formula is C16H17FN2O3S2. The smallest absolute Gasteiger partial charge is 0.243 e. The van der Waals surface area contributed by atoms with Crippen LogP contribution in [0, 0.1) is 5.82 Å². The molecule has 2 aromatic rings. The summed E-state index contributed by atoms with van der Waals surface area (Å²) in [6, 6.07) is 7.75. The van der Waals surface area contributed by atoms with Crippen LogP contribution in [0.3, 0.4) is 0 Å². The molecule has 0 spiro atoms. The number of benzene rings is 1. The van der Waals surface area contributed by atoms with Gasteiger partial charge in [0.25, 0.3) is 0 Å². The van der Waals surface area contributed by atoms with Crippen molar-refractivity contribution < 1.29 is 17.6 Å². The molecule has 1 saturated heterocycles. The monoisotopic (exact) mass is 368 g/mol. The molecule has 0 aliphatic carbocycles. The maximum Gasteiger partial charge on any atom is 0.243 e. The standard InChI is InChI=1S/C16H17FN2O3S2/c17-12-5-7-14(8-6-12)24(21,22)19-9-1-4-15(19)16(20)18-11-13-3-2-10-23-13/h2-3,5-8,10,15H,1,4,9,11H2,(H,18,20)/t15-/m1/s1. The van der Waals surface area contributed by atoms with Crippen LogP contribution in [0.5, 0.6) is 0 Å². The molecule has 5 nitrogen and oxygen atoms in total. The second-order valence-electron chi connectivity index (χ2n) is 5.52. The fourth-order valence-electron chi connectivity index (χ4n) is 2.74. The lowest BCUT2D eigenvalue weighted by molar-refractivity contribution is -0.124. The lowest BCUT2D eigenvalue weighted by Crippen LogP contribution is -2.45. The molecule has 0 bridgehead atoms. The van der Waals surface area contributed by atoms with Crippen LogP contribution in [0.25, 0.3) is 0 Å². The van der Waals surface area contributed by atoms with E-state index in [2.05, 4.69) is 5.32 Å². The van der Waals surface area contributed by atoms with Crippen molar-refractivity contribution in [3.8, 4) is 0 Å². The Hall–Kier alpha value is -1.77. The Bertz CT molecular complexity index is 804. The van der Waals surface area contributed by atoms with E-state index in [-0.39, 0.29) is 17.3 Å². The summed E-state index contributed by atoms with van der Waals surface area (Å²) < 4.78 is 39.7. The normalized spacial score (nSPS) is 18.6. The first-order chi connectivity index (χ1) is 11.5. The Balaban J connectivity index is 1.74. The van der Waals surface area contributed by atoms with Gasteiger partial charge < -0.3 is 5.32 Å². The van der Waals surface area contributed by atoms with Crippen LogP contribution in [0.2, 0.25) is 0 Å². The van der Waals surface area contributed by atoms with Crippen LogP contribution in [0.1, 0.15) is 17.7 Å². The molecule has 8 heteroatoms. The Morgan fingerprint density at radius 3 is 2.71 bits per heavy atom. The summed E-state index contributed by atoms with van der Waals surface area (Å²) >= 11 is 1.53. The van der Waals surface area contributed by atoms with Crippen molar-refractivity contribution in [1.29, 1.82) is 0 Å². The minimum absolute atomic E-state index is 0.00172. The minimum Gasteiger partial charge on any atom is -0.350 e. The first kappa shape index (κ1) is 17.1. The number of hydrogen-bond acceptors (Lipinski definition) is 4. The van der Waals surface area contributed by atoms with Crippen molar-refractivity contribution in [3.63, 3.8) is 0 Å². The third kappa shape index (κ3) is 3.50. The van der Waals surface area contributed by atoms with E-state index in [9.17, 15) is 17.6 Å². The van der Waals surface area contributed by atoms with Crippen LogP contribution in [-0.2, 0) is 21.4 Å². The predicted molar refractivity (Wildman–Crippen MR) is 89.5 cm³/mol. The summed E-state index contributed by atoms with van der Waals surface area (Å²) in [5.41, 5.74) is 0. The zero-order chi connectivity index (χ0) is 17.2. The summed E-state index contributed by atoms with van der Waals surface area (Å²) in [7, 11) is -3.81. The van der Waals surface area contributed by atoms with Crippen molar-refractivity contribution in [1.82, 2.24) is 9.62 Å². The molecule has 24 heavy (non-hydrogen) atoms. The largest absolute Gasteiger partial charge is 0.350 e. The highest BCUT2D eigenvalue weighted by molar-refractivity contribution is 7.89. The number of rotatable bonds is 5. The van der Waals surface area contributed by atoms with Gasteiger partial charge in [-0.05, 0) is 48.6 Å². The van der Waals surface area contributed by atoms with Gasteiger partial charge in [0.2, 0.25) is 15.9 Å². The van der Waals surface area contributed by atoms with Crippen LogP contribution >= 0.6 is 11.3 Å². The average molecular weight is 368 g/mol. The number of nitrogens with one attached hydrogen (secondary N) is 1. The summed E-state index contributed by atoms with van der Waals surface area (Å²) in [6.07, 6.45) is 1.11. The number of sulfonamides is 1. The van der Waals surface area contributed by atoms with E-state index in [4.69, 9.17) is 0 Å². The van der Waals surface area contributed by atoms with Crippen LogP contribution in [-0.4, -0.2) is 31.2 Å². The first-order valence-corrected chi connectivity index (χ1v) is 9.88. The van der Waals surface area contributed by atoms with Gasteiger partial charge in [-0.15, -0.1) is 11.3 Å². The number of carbonyl (C=O) groups excluding carboxylic acids is 1. The molecule has 0 radical (unpaired) electrons. The molecule has 1 N–H and O–H groups in total. The van der Waals surface area contributed by atoms with Gasteiger partial charge in [0, 0.05) is 11.4 Å². The van der Waals surface area contributed by atoms with Crippen LogP contribution < -0.4 is 5.32 Å². The van der Waals surface area contributed by atoms with Crippen LogP contribution in [0.4, 0.5) is 4.39 Å². The van der Waals surface area contributed by atoms with Gasteiger partial charge in [0.1, 0.15) is 11.9 Å². The van der Waals surface area contributed by atoms with Crippen molar-refractivity contribution in [2.24, 2.45) is 0 Å². The van der Waals surface area contributed by atoms with Gasteiger partial charge in [-0.25, -0.2) is 12.8 Å². The maximum atomic E-state index is 13.0. The molecule has 1 aromatic carbocycles. The number of halogens is 1. The van der Waals surface area contributed by atoms with Gasteiger partial charge in [0.05, 0.1) is 11.4 Å². The molecule has 1 amide bonds. The van der Waals surface area contributed by atoms with Gasteiger partial charge in [0.15, 0.2) is 0 Å². The molecular weight excluding hydrogens is 351 g/mol. The highest BCUT2D eigenvalue weighted by atomic mass is 32.2. The van der Waals surface area contributed by atoms with Crippen molar-refractivity contribution in [2.75, 3.05) is 6.54 Å². The van der Waals surface area contributed by atoms with Gasteiger partial charge in [-0.2, -0.15) is 4.31 Å². The molecule has 1 fully saturated rings. The fraction of sp³-hybridized carbons (Fsp3) is 0.312. The summed E-state index contributed by atoms with van der Waals surface area (Å²) in [6.45, 7) is 0.675. The van der Waals surface area contributed by atoms with Crippen LogP contribution in [0.15, 0.2) is 46.7 Å². The first-order valence-electron chi connectivity index (χ1n) is 7.56. The van der Waals surface area contributed by atoms with E-state index >= 15 is 0 Å². The summed E-state index contributed by atoms with van der Waals surface area (Å²) in [4.78, 5) is 13.4.